The van der Waals surface area contributed by atoms with Crippen LogP contribution in [-0.4, -0.2) is 36.5 Å². The molecule has 0 saturated carbocycles. The van der Waals surface area contributed by atoms with Gasteiger partial charge < -0.3 is 14.8 Å². The number of hydrogen-bond donors (Lipinski definition) is 1. The van der Waals surface area contributed by atoms with E-state index in [0.717, 1.165) is 6.42 Å². The van der Waals surface area contributed by atoms with Gasteiger partial charge in [0.25, 0.3) is 5.91 Å². The van der Waals surface area contributed by atoms with Crippen molar-refractivity contribution < 1.29 is 23.9 Å². The predicted molar refractivity (Wildman–Crippen MR) is 79.6 cm³/mol. The summed E-state index contributed by atoms with van der Waals surface area (Å²) in [6.07, 6.45) is -0.122. The monoisotopic (exact) mass is 305 g/mol. The summed E-state index contributed by atoms with van der Waals surface area (Å²) in [6, 6.07) is 6.68. The van der Waals surface area contributed by atoms with Crippen molar-refractivity contribution in [2.45, 2.75) is 38.9 Å². The molecule has 6 nitrogen and oxygen atoms in total. The van der Waals surface area contributed by atoms with Crippen molar-refractivity contribution in [3.63, 3.8) is 0 Å². The lowest BCUT2D eigenvalue weighted by Crippen LogP contribution is -2.34. The van der Waals surface area contributed by atoms with E-state index in [1.807, 2.05) is 0 Å². The van der Waals surface area contributed by atoms with E-state index in [0.29, 0.717) is 24.3 Å². The highest BCUT2D eigenvalue weighted by molar-refractivity contribution is 6.04. The molecular weight excluding hydrogens is 286 g/mol. The molecule has 0 aliphatic carbocycles. The van der Waals surface area contributed by atoms with Crippen LogP contribution in [0, 0.1) is 0 Å². The number of Topliss-reactive ketones (excluding diaryl/α,β-unsaturated/α-hetero) is 1. The predicted octanol–water partition coefficient (Wildman–Crippen LogP) is 1.94. The molecule has 6 heteroatoms. The second-order valence-electron chi connectivity index (χ2n) is 5.17. The van der Waals surface area contributed by atoms with E-state index in [4.69, 9.17) is 9.47 Å². The SMILES string of the molecule is CC(=O)c1ccccc1NC(=O)[C@@H](C)OC(=O)[C@H]1CCCO1. The van der Waals surface area contributed by atoms with Crippen LogP contribution < -0.4 is 5.32 Å². The zero-order chi connectivity index (χ0) is 16.1. The molecule has 1 N–H and O–H groups in total. The molecule has 1 aromatic carbocycles. The Morgan fingerprint density at radius 1 is 1.32 bits per heavy atom. The van der Waals surface area contributed by atoms with Crippen LogP contribution in [0.15, 0.2) is 24.3 Å². The molecule has 22 heavy (non-hydrogen) atoms. The number of nitrogens with one attached hydrogen (secondary N) is 1. The Hall–Kier alpha value is -2.21. The maximum atomic E-state index is 12.1. The summed E-state index contributed by atoms with van der Waals surface area (Å²) >= 11 is 0. The third-order valence-corrected chi connectivity index (χ3v) is 3.42. The lowest BCUT2D eigenvalue weighted by Gasteiger charge is -2.16. The molecule has 118 valence electrons. The van der Waals surface area contributed by atoms with Crippen molar-refractivity contribution in [1.82, 2.24) is 0 Å². The van der Waals surface area contributed by atoms with Crippen LogP contribution in [0.4, 0.5) is 5.69 Å². The van der Waals surface area contributed by atoms with Crippen LogP contribution in [0.2, 0.25) is 0 Å². The van der Waals surface area contributed by atoms with Gasteiger partial charge in [-0.05, 0) is 38.8 Å². The van der Waals surface area contributed by atoms with Gasteiger partial charge in [-0.3, -0.25) is 9.59 Å². The van der Waals surface area contributed by atoms with Gasteiger partial charge in [0.2, 0.25) is 0 Å². The van der Waals surface area contributed by atoms with Gasteiger partial charge in [0.15, 0.2) is 18.0 Å². The molecule has 0 spiro atoms. The average Bonchev–Trinajstić information content (AvgIpc) is 3.01. The second kappa shape index (κ2) is 7.17. The smallest absolute Gasteiger partial charge is 0.336 e. The third-order valence-electron chi connectivity index (χ3n) is 3.42. The number of ketones is 1. The maximum absolute atomic E-state index is 12.1. The topological polar surface area (TPSA) is 81.7 Å². The summed E-state index contributed by atoms with van der Waals surface area (Å²) < 4.78 is 10.3. The highest BCUT2D eigenvalue weighted by atomic mass is 16.6. The van der Waals surface area contributed by atoms with Crippen molar-refractivity contribution in [3.8, 4) is 0 Å². The number of esters is 1. The Bertz CT molecular complexity index is 578. The first-order valence-electron chi connectivity index (χ1n) is 7.22. The van der Waals surface area contributed by atoms with Crippen LogP contribution in [0.5, 0.6) is 0 Å². The van der Waals surface area contributed by atoms with Gasteiger partial charge in [-0.2, -0.15) is 0 Å². The van der Waals surface area contributed by atoms with E-state index in [1.165, 1.54) is 13.8 Å². The number of ether oxygens (including phenoxy) is 2. The number of hydrogen-bond acceptors (Lipinski definition) is 5. The lowest BCUT2D eigenvalue weighted by atomic mass is 10.1. The van der Waals surface area contributed by atoms with Gasteiger partial charge in [0.05, 0.1) is 5.69 Å². The molecule has 2 rings (SSSR count). The van der Waals surface area contributed by atoms with Crippen molar-refractivity contribution in [2.24, 2.45) is 0 Å². The number of para-hydroxylation sites is 1. The van der Waals surface area contributed by atoms with E-state index >= 15 is 0 Å². The molecule has 1 amide bonds. The minimum atomic E-state index is -0.961. The van der Waals surface area contributed by atoms with E-state index in [2.05, 4.69) is 5.32 Å². The fourth-order valence-corrected chi connectivity index (χ4v) is 2.20. The zero-order valence-electron chi connectivity index (χ0n) is 12.6. The normalized spacial score (nSPS) is 18.5. The molecule has 0 bridgehead atoms. The molecule has 0 radical (unpaired) electrons. The minimum absolute atomic E-state index is 0.153. The summed E-state index contributed by atoms with van der Waals surface area (Å²) in [5, 5.41) is 2.61. The van der Waals surface area contributed by atoms with Crippen LogP contribution in [0.3, 0.4) is 0 Å². The van der Waals surface area contributed by atoms with Crippen molar-refractivity contribution >= 4 is 23.3 Å². The Kier molecular flexibility index (Phi) is 5.27. The molecule has 1 fully saturated rings. The molecule has 0 unspecified atom stereocenters. The molecule has 1 saturated heterocycles. The first-order valence-corrected chi connectivity index (χ1v) is 7.22. The number of carbonyl (C=O) groups is 3. The molecule has 1 aliphatic rings. The largest absolute Gasteiger partial charge is 0.451 e. The first kappa shape index (κ1) is 16.2. The van der Waals surface area contributed by atoms with Gasteiger partial charge in [-0.15, -0.1) is 0 Å². The molecule has 1 aromatic rings. The Balaban J connectivity index is 1.96. The summed E-state index contributed by atoms with van der Waals surface area (Å²) in [5.74, 6) is -1.17. The summed E-state index contributed by atoms with van der Waals surface area (Å²) in [5.41, 5.74) is 0.813. The van der Waals surface area contributed by atoms with Gasteiger partial charge in [-0.1, -0.05) is 12.1 Å². The van der Waals surface area contributed by atoms with Gasteiger partial charge in [0, 0.05) is 12.2 Å². The van der Waals surface area contributed by atoms with Gasteiger partial charge in [0.1, 0.15) is 0 Å². The van der Waals surface area contributed by atoms with E-state index in [1.54, 1.807) is 24.3 Å². The fraction of sp³-hybridized carbons (Fsp3) is 0.438. The van der Waals surface area contributed by atoms with Crippen molar-refractivity contribution in [2.75, 3.05) is 11.9 Å². The summed E-state index contributed by atoms with van der Waals surface area (Å²) in [4.78, 5) is 35.4. The average molecular weight is 305 g/mol. The first-order chi connectivity index (χ1) is 10.5. The van der Waals surface area contributed by atoms with Crippen LogP contribution in [0.1, 0.15) is 37.0 Å². The summed E-state index contributed by atoms with van der Waals surface area (Å²) in [7, 11) is 0. The van der Waals surface area contributed by atoms with Crippen LogP contribution in [0.25, 0.3) is 0 Å². The second-order valence-corrected chi connectivity index (χ2v) is 5.17. The summed E-state index contributed by atoms with van der Waals surface area (Å²) in [6.45, 7) is 3.44. The quantitative estimate of drug-likeness (QED) is 0.664. The molecule has 1 heterocycles. The minimum Gasteiger partial charge on any atom is -0.451 e. The maximum Gasteiger partial charge on any atom is 0.336 e. The van der Waals surface area contributed by atoms with E-state index < -0.39 is 24.1 Å². The zero-order valence-corrected chi connectivity index (χ0v) is 12.6. The number of amides is 1. The number of rotatable bonds is 5. The van der Waals surface area contributed by atoms with Crippen LogP contribution >= 0.6 is 0 Å². The molecular formula is C16H19NO5. The highest BCUT2D eigenvalue weighted by Gasteiger charge is 2.28. The van der Waals surface area contributed by atoms with E-state index in [9.17, 15) is 14.4 Å². The van der Waals surface area contributed by atoms with Crippen LogP contribution in [-0.2, 0) is 19.1 Å². The lowest BCUT2D eigenvalue weighted by molar-refractivity contribution is -0.162. The van der Waals surface area contributed by atoms with Gasteiger partial charge >= 0.3 is 5.97 Å². The van der Waals surface area contributed by atoms with Crippen molar-refractivity contribution in [3.05, 3.63) is 29.8 Å². The standard InChI is InChI=1S/C16H19NO5/c1-10(18)12-6-3-4-7-13(12)17-15(19)11(2)22-16(20)14-8-5-9-21-14/h3-4,6-7,11,14H,5,8-9H2,1-2H3,(H,17,19)/t11-,14-/m1/s1. The molecule has 1 aliphatic heterocycles. The Morgan fingerprint density at radius 3 is 2.68 bits per heavy atom. The van der Waals surface area contributed by atoms with E-state index in [-0.39, 0.29) is 5.78 Å². The number of benzene rings is 1. The Labute approximate surface area is 128 Å². The fourth-order valence-electron chi connectivity index (χ4n) is 2.20. The highest BCUT2D eigenvalue weighted by Crippen LogP contribution is 2.17. The Morgan fingerprint density at radius 2 is 2.05 bits per heavy atom. The number of anilines is 1. The third kappa shape index (κ3) is 3.92. The number of carbonyl (C=O) groups excluding carboxylic acids is 3. The molecule has 2 atom stereocenters. The van der Waals surface area contributed by atoms with Crippen molar-refractivity contribution in [1.29, 1.82) is 0 Å². The molecule has 0 aromatic heterocycles. The van der Waals surface area contributed by atoms with Gasteiger partial charge in [-0.25, -0.2) is 4.79 Å².